The predicted molar refractivity (Wildman–Crippen MR) is 87.9 cm³/mol. The fourth-order valence-corrected chi connectivity index (χ4v) is 3.99. The molecular formula is C17H19FN2O2S. The zero-order valence-corrected chi connectivity index (χ0v) is 13.4. The van der Waals surface area contributed by atoms with Crippen molar-refractivity contribution in [1.29, 1.82) is 0 Å². The Hall–Kier alpha value is -1.76. The van der Waals surface area contributed by atoms with E-state index in [-0.39, 0.29) is 17.6 Å². The molecule has 0 bridgehead atoms. The molecule has 2 N–H and O–H groups in total. The molecule has 0 saturated heterocycles. The summed E-state index contributed by atoms with van der Waals surface area (Å²) in [6, 6.07) is 13.6. The number of nitrogens with one attached hydrogen (secondary N) is 2. The van der Waals surface area contributed by atoms with E-state index in [4.69, 9.17) is 0 Å². The lowest BCUT2D eigenvalue weighted by atomic mass is 9.95. The fraction of sp³-hybridized carbons (Fsp3) is 0.294. The molecule has 3 rings (SSSR count). The van der Waals surface area contributed by atoms with Gasteiger partial charge in [-0.3, -0.25) is 0 Å². The molecule has 0 aliphatic carbocycles. The number of halogens is 1. The molecule has 0 fully saturated rings. The lowest BCUT2D eigenvalue weighted by molar-refractivity contribution is 0.491. The predicted octanol–water partition coefficient (Wildman–Crippen LogP) is 2.13. The third-order valence-corrected chi connectivity index (χ3v) is 5.31. The monoisotopic (exact) mass is 334 g/mol. The first-order chi connectivity index (χ1) is 11.0. The molecule has 0 saturated carbocycles. The molecule has 23 heavy (non-hydrogen) atoms. The highest BCUT2D eigenvalue weighted by Crippen LogP contribution is 2.22. The van der Waals surface area contributed by atoms with Crippen LogP contribution in [0.4, 0.5) is 4.39 Å². The van der Waals surface area contributed by atoms with Crippen LogP contribution in [0.25, 0.3) is 0 Å². The Bertz CT molecular complexity index is 775. The topological polar surface area (TPSA) is 58.2 Å². The number of sulfonamides is 1. The van der Waals surface area contributed by atoms with E-state index in [0.29, 0.717) is 12.1 Å². The van der Waals surface area contributed by atoms with Gasteiger partial charge in [-0.1, -0.05) is 36.4 Å². The maximum Gasteiger partial charge on any atom is 0.215 e. The van der Waals surface area contributed by atoms with Crippen molar-refractivity contribution in [1.82, 2.24) is 10.0 Å². The summed E-state index contributed by atoms with van der Waals surface area (Å²) in [5.41, 5.74) is 2.97. The smallest absolute Gasteiger partial charge is 0.215 e. The van der Waals surface area contributed by atoms with Gasteiger partial charge in [0.2, 0.25) is 10.0 Å². The van der Waals surface area contributed by atoms with E-state index in [1.165, 1.54) is 29.8 Å². The maximum absolute atomic E-state index is 12.9. The van der Waals surface area contributed by atoms with Gasteiger partial charge in [-0.2, -0.15) is 0 Å². The minimum atomic E-state index is -3.46. The average molecular weight is 334 g/mol. The molecule has 2 aromatic rings. The summed E-state index contributed by atoms with van der Waals surface area (Å²) < 4.78 is 39.9. The summed E-state index contributed by atoms with van der Waals surface area (Å²) >= 11 is 0. The van der Waals surface area contributed by atoms with E-state index in [9.17, 15) is 12.8 Å². The summed E-state index contributed by atoms with van der Waals surface area (Å²) in [5.74, 6) is -0.524. The van der Waals surface area contributed by atoms with Crippen LogP contribution in [-0.4, -0.2) is 21.5 Å². The van der Waals surface area contributed by atoms with Gasteiger partial charge in [-0.25, -0.2) is 17.5 Å². The van der Waals surface area contributed by atoms with Crippen molar-refractivity contribution < 1.29 is 12.8 Å². The first kappa shape index (κ1) is 16.1. The summed E-state index contributed by atoms with van der Waals surface area (Å²) in [6.45, 7) is 1.14. The van der Waals surface area contributed by atoms with Crippen LogP contribution in [0, 0.1) is 5.82 Å². The number of rotatable bonds is 5. The molecule has 2 aromatic carbocycles. The molecule has 4 nitrogen and oxygen atoms in total. The van der Waals surface area contributed by atoms with Crippen LogP contribution in [0.2, 0.25) is 0 Å². The molecule has 1 aliphatic rings. The van der Waals surface area contributed by atoms with Gasteiger partial charge in [0, 0.05) is 12.6 Å². The molecule has 1 heterocycles. The number of hydrogen-bond donors (Lipinski definition) is 2. The van der Waals surface area contributed by atoms with Crippen LogP contribution in [0.3, 0.4) is 0 Å². The standard InChI is InChI=1S/C17H19FN2O2S/c18-15-7-5-13(6-8-15)12-23(21,22)20-11-17-16-4-2-1-3-14(16)9-10-19-17/h1-8,17,19-20H,9-12H2. The first-order valence-electron chi connectivity index (χ1n) is 7.56. The van der Waals surface area contributed by atoms with Gasteiger partial charge in [-0.05, 0) is 41.8 Å². The Morgan fingerprint density at radius 3 is 2.65 bits per heavy atom. The van der Waals surface area contributed by atoms with Crippen molar-refractivity contribution in [2.24, 2.45) is 0 Å². The molecule has 6 heteroatoms. The second-order valence-electron chi connectivity index (χ2n) is 5.69. The van der Waals surface area contributed by atoms with Gasteiger partial charge in [0.1, 0.15) is 5.82 Å². The van der Waals surface area contributed by atoms with Gasteiger partial charge in [0.15, 0.2) is 0 Å². The zero-order valence-electron chi connectivity index (χ0n) is 12.6. The van der Waals surface area contributed by atoms with Gasteiger partial charge in [0.25, 0.3) is 0 Å². The van der Waals surface area contributed by atoms with Crippen LogP contribution in [0.1, 0.15) is 22.7 Å². The second kappa shape index (κ2) is 6.78. The third kappa shape index (κ3) is 4.16. The lowest BCUT2D eigenvalue weighted by Crippen LogP contribution is -2.39. The summed E-state index contributed by atoms with van der Waals surface area (Å²) in [5, 5.41) is 3.34. The molecule has 122 valence electrons. The molecule has 1 unspecified atom stereocenters. The minimum absolute atomic E-state index is 0.0251. The van der Waals surface area contributed by atoms with Crippen molar-refractivity contribution in [2.75, 3.05) is 13.1 Å². The Balaban J connectivity index is 1.65. The molecule has 0 aromatic heterocycles. The van der Waals surface area contributed by atoms with Gasteiger partial charge in [-0.15, -0.1) is 0 Å². The number of benzene rings is 2. The normalized spacial score (nSPS) is 17.7. The SMILES string of the molecule is O=S(=O)(Cc1ccc(F)cc1)NCC1NCCc2ccccc21. The van der Waals surface area contributed by atoms with E-state index < -0.39 is 10.0 Å². The lowest BCUT2D eigenvalue weighted by Gasteiger charge is -2.27. The van der Waals surface area contributed by atoms with Crippen LogP contribution < -0.4 is 10.0 Å². The van der Waals surface area contributed by atoms with Crippen LogP contribution >= 0.6 is 0 Å². The largest absolute Gasteiger partial charge is 0.308 e. The van der Waals surface area contributed by atoms with Crippen molar-refractivity contribution in [3.8, 4) is 0 Å². The van der Waals surface area contributed by atoms with E-state index in [1.807, 2.05) is 18.2 Å². The van der Waals surface area contributed by atoms with Gasteiger partial charge >= 0.3 is 0 Å². The van der Waals surface area contributed by atoms with Crippen LogP contribution in [-0.2, 0) is 22.2 Å². The van der Waals surface area contributed by atoms with Crippen molar-refractivity contribution in [3.05, 3.63) is 71.0 Å². The van der Waals surface area contributed by atoms with Crippen molar-refractivity contribution >= 4 is 10.0 Å². The molecule has 0 radical (unpaired) electrons. The van der Waals surface area contributed by atoms with Crippen molar-refractivity contribution in [3.63, 3.8) is 0 Å². The maximum atomic E-state index is 12.9. The Morgan fingerprint density at radius 1 is 1.13 bits per heavy atom. The van der Waals surface area contributed by atoms with E-state index in [1.54, 1.807) is 0 Å². The fourth-order valence-electron chi connectivity index (χ4n) is 2.84. The molecule has 0 amide bonds. The summed E-state index contributed by atoms with van der Waals surface area (Å²) in [6.07, 6.45) is 0.953. The molecule has 1 atom stereocenters. The van der Waals surface area contributed by atoms with E-state index in [0.717, 1.165) is 18.5 Å². The zero-order chi connectivity index (χ0) is 16.3. The third-order valence-electron chi connectivity index (χ3n) is 3.99. The Labute approximate surface area is 135 Å². The van der Waals surface area contributed by atoms with Crippen molar-refractivity contribution in [2.45, 2.75) is 18.2 Å². The number of fused-ring (bicyclic) bond motifs is 1. The first-order valence-corrected chi connectivity index (χ1v) is 9.22. The van der Waals surface area contributed by atoms with E-state index >= 15 is 0 Å². The minimum Gasteiger partial charge on any atom is -0.308 e. The highest BCUT2D eigenvalue weighted by Gasteiger charge is 2.21. The summed E-state index contributed by atoms with van der Waals surface area (Å²) in [4.78, 5) is 0. The molecule has 0 spiro atoms. The highest BCUT2D eigenvalue weighted by molar-refractivity contribution is 7.88. The van der Waals surface area contributed by atoms with Gasteiger partial charge in [0.05, 0.1) is 5.75 Å². The Kier molecular flexibility index (Phi) is 4.75. The Morgan fingerprint density at radius 2 is 1.87 bits per heavy atom. The highest BCUT2D eigenvalue weighted by atomic mass is 32.2. The summed E-state index contributed by atoms with van der Waals surface area (Å²) in [7, 11) is -3.46. The van der Waals surface area contributed by atoms with Gasteiger partial charge < -0.3 is 5.32 Å². The van der Waals surface area contributed by atoms with E-state index in [2.05, 4.69) is 16.1 Å². The average Bonchev–Trinajstić information content (AvgIpc) is 2.55. The van der Waals surface area contributed by atoms with Crippen LogP contribution in [0.15, 0.2) is 48.5 Å². The van der Waals surface area contributed by atoms with Crippen LogP contribution in [0.5, 0.6) is 0 Å². The molecule has 1 aliphatic heterocycles. The quantitative estimate of drug-likeness (QED) is 0.881. The molecular weight excluding hydrogens is 315 g/mol. The second-order valence-corrected chi connectivity index (χ2v) is 7.50. The number of hydrogen-bond acceptors (Lipinski definition) is 3.